The lowest BCUT2D eigenvalue weighted by atomic mass is 9.83. The first kappa shape index (κ1) is 15.3. The second-order valence-electron chi connectivity index (χ2n) is 6.07. The van der Waals surface area contributed by atoms with E-state index in [1.165, 1.54) is 37.7 Å². The van der Waals surface area contributed by atoms with Gasteiger partial charge in [0.15, 0.2) is 0 Å². The van der Waals surface area contributed by atoms with Gasteiger partial charge in [-0.3, -0.25) is 0 Å². The molecule has 1 saturated carbocycles. The van der Waals surface area contributed by atoms with Crippen LogP contribution < -0.4 is 10.1 Å². The summed E-state index contributed by atoms with van der Waals surface area (Å²) < 4.78 is 5.79. The highest BCUT2D eigenvalue weighted by Crippen LogP contribution is 2.27. The molecular formula is C17H28N2O. The minimum Gasteiger partial charge on any atom is -0.475 e. The number of ether oxygens (including phenoxy) is 1. The summed E-state index contributed by atoms with van der Waals surface area (Å²) in [4.78, 5) is 4.36. The third-order valence-corrected chi connectivity index (χ3v) is 4.19. The van der Waals surface area contributed by atoms with Gasteiger partial charge in [0.1, 0.15) is 0 Å². The molecule has 1 aromatic heterocycles. The zero-order valence-electron chi connectivity index (χ0n) is 13.1. The van der Waals surface area contributed by atoms with Gasteiger partial charge in [-0.1, -0.05) is 32.3 Å². The topological polar surface area (TPSA) is 34.2 Å². The second-order valence-corrected chi connectivity index (χ2v) is 6.07. The zero-order chi connectivity index (χ0) is 14.4. The molecule has 2 unspecified atom stereocenters. The summed E-state index contributed by atoms with van der Waals surface area (Å²) in [5.41, 5.74) is 1.17. The second kappa shape index (κ2) is 7.63. The van der Waals surface area contributed by atoms with Crippen LogP contribution in [-0.4, -0.2) is 17.1 Å². The maximum atomic E-state index is 5.79. The largest absolute Gasteiger partial charge is 0.475 e. The maximum absolute atomic E-state index is 5.79. The number of aromatic nitrogens is 1. The van der Waals surface area contributed by atoms with Gasteiger partial charge in [0, 0.05) is 24.3 Å². The SMILES string of the molecule is CCC1CCCCC1NCc1cccnc1OC(C)C. The van der Waals surface area contributed by atoms with Gasteiger partial charge < -0.3 is 10.1 Å². The fourth-order valence-electron chi connectivity index (χ4n) is 3.09. The number of hydrogen-bond acceptors (Lipinski definition) is 3. The van der Waals surface area contributed by atoms with Gasteiger partial charge in [-0.2, -0.15) is 0 Å². The van der Waals surface area contributed by atoms with Crippen LogP contribution in [0.2, 0.25) is 0 Å². The minimum atomic E-state index is 0.168. The van der Waals surface area contributed by atoms with E-state index in [2.05, 4.69) is 23.3 Å². The zero-order valence-corrected chi connectivity index (χ0v) is 13.1. The van der Waals surface area contributed by atoms with Crippen LogP contribution in [-0.2, 0) is 6.54 Å². The van der Waals surface area contributed by atoms with E-state index in [1.54, 1.807) is 6.20 Å². The molecule has 0 aliphatic heterocycles. The lowest BCUT2D eigenvalue weighted by Crippen LogP contribution is -2.38. The first-order valence-electron chi connectivity index (χ1n) is 8.04. The van der Waals surface area contributed by atoms with Crippen LogP contribution in [0.25, 0.3) is 0 Å². The third-order valence-electron chi connectivity index (χ3n) is 4.19. The van der Waals surface area contributed by atoms with E-state index < -0.39 is 0 Å². The van der Waals surface area contributed by atoms with Crippen LogP contribution in [0.5, 0.6) is 5.88 Å². The molecule has 1 fully saturated rings. The molecule has 0 bridgehead atoms. The van der Waals surface area contributed by atoms with E-state index in [-0.39, 0.29) is 6.10 Å². The number of nitrogens with zero attached hydrogens (tertiary/aromatic N) is 1. The number of hydrogen-bond donors (Lipinski definition) is 1. The molecule has 1 heterocycles. The molecule has 0 aromatic carbocycles. The Labute approximate surface area is 123 Å². The Morgan fingerprint density at radius 1 is 1.35 bits per heavy atom. The van der Waals surface area contributed by atoms with Gasteiger partial charge in [-0.05, 0) is 38.7 Å². The van der Waals surface area contributed by atoms with Crippen molar-refractivity contribution in [3.05, 3.63) is 23.9 Å². The molecule has 112 valence electrons. The lowest BCUT2D eigenvalue weighted by molar-refractivity contribution is 0.225. The van der Waals surface area contributed by atoms with Crippen LogP contribution in [0.15, 0.2) is 18.3 Å². The van der Waals surface area contributed by atoms with E-state index in [0.29, 0.717) is 6.04 Å². The van der Waals surface area contributed by atoms with Crippen molar-refractivity contribution < 1.29 is 4.74 Å². The molecule has 2 atom stereocenters. The minimum absolute atomic E-state index is 0.168. The first-order chi connectivity index (χ1) is 9.70. The van der Waals surface area contributed by atoms with E-state index in [4.69, 9.17) is 4.74 Å². The van der Waals surface area contributed by atoms with Crippen molar-refractivity contribution in [2.45, 2.75) is 71.6 Å². The molecule has 2 rings (SSSR count). The van der Waals surface area contributed by atoms with Crippen LogP contribution in [0.4, 0.5) is 0 Å². The predicted octanol–water partition coefficient (Wildman–Crippen LogP) is 3.93. The monoisotopic (exact) mass is 276 g/mol. The summed E-state index contributed by atoms with van der Waals surface area (Å²) in [6.45, 7) is 7.25. The average molecular weight is 276 g/mol. The van der Waals surface area contributed by atoms with Gasteiger partial charge in [-0.25, -0.2) is 4.98 Å². The Kier molecular flexibility index (Phi) is 5.84. The summed E-state index contributed by atoms with van der Waals surface area (Å²) >= 11 is 0. The molecule has 0 spiro atoms. The van der Waals surface area contributed by atoms with Gasteiger partial charge >= 0.3 is 0 Å². The van der Waals surface area contributed by atoms with Crippen LogP contribution in [0.3, 0.4) is 0 Å². The third kappa shape index (κ3) is 4.20. The molecule has 1 aromatic rings. The van der Waals surface area contributed by atoms with Gasteiger partial charge in [0.2, 0.25) is 5.88 Å². The van der Waals surface area contributed by atoms with Gasteiger partial charge in [0.05, 0.1) is 6.10 Å². The molecule has 1 N–H and O–H groups in total. The van der Waals surface area contributed by atoms with E-state index in [9.17, 15) is 0 Å². The van der Waals surface area contributed by atoms with Gasteiger partial charge in [-0.15, -0.1) is 0 Å². The standard InChI is InChI=1S/C17H28N2O/c1-4-14-8-5-6-10-16(14)19-12-15-9-7-11-18-17(15)20-13(2)3/h7,9,11,13-14,16,19H,4-6,8,10,12H2,1-3H3. The Morgan fingerprint density at radius 2 is 2.15 bits per heavy atom. The van der Waals surface area contributed by atoms with Crippen molar-refractivity contribution in [3.8, 4) is 5.88 Å². The lowest BCUT2D eigenvalue weighted by Gasteiger charge is -2.31. The van der Waals surface area contributed by atoms with Gasteiger partial charge in [0.25, 0.3) is 0 Å². The quantitative estimate of drug-likeness (QED) is 0.855. The molecule has 1 aliphatic carbocycles. The highest BCUT2D eigenvalue weighted by molar-refractivity contribution is 5.25. The highest BCUT2D eigenvalue weighted by atomic mass is 16.5. The first-order valence-corrected chi connectivity index (χ1v) is 8.04. The van der Waals surface area contributed by atoms with Crippen molar-refractivity contribution in [3.63, 3.8) is 0 Å². The molecule has 3 nitrogen and oxygen atoms in total. The summed E-state index contributed by atoms with van der Waals surface area (Å²) in [6.07, 6.45) is 8.68. The Bertz CT molecular complexity index is 406. The normalized spacial score (nSPS) is 23.0. The fourth-order valence-corrected chi connectivity index (χ4v) is 3.09. The van der Waals surface area contributed by atoms with E-state index >= 15 is 0 Å². The molecular weight excluding hydrogens is 248 g/mol. The molecule has 0 radical (unpaired) electrons. The average Bonchev–Trinajstić information content (AvgIpc) is 2.46. The Hall–Kier alpha value is -1.09. The molecule has 1 aliphatic rings. The summed E-state index contributed by atoms with van der Waals surface area (Å²) in [5.74, 6) is 1.61. The van der Waals surface area contributed by atoms with E-state index in [1.807, 2.05) is 19.9 Å². The van der Waals surface area contributed by atoms with Crippen molar-refractivity contribution in [2.24, 2.45) is 5.92 Å². The Morgan fingerprint density at radius 3 is 2.90 bits per heavy atom. The van der Waals surface area contributed by atoms with Crippen LogP contribution in [0, 0.1) is 5.92 Å². The van der Waals surface area contributed by atoms with Crippen molar-refractivity contribution in [2.75, 3.05) is 0 Å². The van der Waals surface area contributed by atoms with Crippen LogP contribution in [0.1, 0.15) is 58.4 Å². The molecule has 3 heteroatoms. The number of nitrogens with one attached hydrogen (secondary N) is 1. The summed E-state index contributed by atoms with van der Waals surface area (Å²) in [7, 11) is 0. The molecule has 20 heavy (non-hydrogen) atoms. The van der Waals surface area contributed by atoms with Crippen molar-refractivity contribution in [1.82, 2.24) is 10.3 Å². The summed E-state index contributed by atoms with van der Waals surface area (Å²) in [5, 5.41) is 3.73. The van der Waals surface area contributed by atoms with Crippen LogP contribution >= 0.6 is 0 Å². The molecule has 0 saturated heterocycles. The smallest absolute Gasteiger partial charge is 0.218 e. The van der Waals surface area contributed by atoms with Crippen molar-refractivity contribution in [1.29, 1.82) is 0 Å². The fraction of sp³-hybridized carbons (Fsp3) is 0.706. The van der Waals surface area contributed by atoms with E-state index in [0.717, 1.165) is 18.3 Å². The Balaban J connectivity index is 1.96. The number of pyridine rings is 1. The number of rotatable bonds is 6. The predicted molar refractivity (Wildman–Crippen MR) is 82.9 cm³/mol. The maximum Gasteiger partial charge on any atom is 0.218 e. The van der Waals surface area contributed by atoms with Crippen molar-refractivity contribution >= 4 is 0 Å². The summed E-state index contributed by atoms with van der Waals surface area (Å²) in [6, 6.07) is 4.75. The highest BCUT2D eigenvalue weighted by Gasteiger charge is 2.23. The molecule has 0 amide bonds.